The third kappa shape index (κ3) is 25.7. The van der Waals surface area contributed by atoms with E-state index in [1.165, 1.54) is 64.2 Å². The smallest absolute Gasteiger partial charge is 0.256 e. The molecule has 0 heterocycles. The molecule has 6 heteroatoms. The Morgan fingerprint density at radius 3 is 1.96 bits per heavy atom. The fraction of sp³-hybridized carbons (Fsp3) is 0.895. The normalized spacial score (nSPS) is 11.4. The second-order valence-corrected chi connectivity index (χ2v) is 7.66. The van der Waals surface area contributed by atoms with Crippen molar-refractivity contribution in [3.63, 3.8) is 0 Å². The Labute approximate surface area is 166 Å². The largest absolute Gasteiger partial charge is 0.487 e. The Morgan fingerprint density at radius 2 is 1.48 bits per heavy atom. The highest BCUT2D eigenvalue weighted by atomic mass is 32.1. The number of thiocarbonyl (C=S) groups is 2. The minimum absolute atomic E-state index is 0.491. The summed E-state index contributed by atoms with van der Waals surface area (Å²) >= 11 is 9.15. The van der Waals surface area contributed by atoms with Gasteiger partial charge in [-0.1, -0.05) is 79.1 Å². The fourth-order valence-electron chi connectivity index (χ4n) is 2.44. The third-order valence-electron chi connectivity index (χ3n) is 3.66. The van der Waals surface area contributed by atoms with Crippen LogP contribution < -0.4 is 11.1 Å². The van der Waals surface area contributed by atoms with Crippen molar-refractivity contribution in [2.24, 2.45) is 11.7 Å². The molecular formula is C19H40N2O2S2. The van der Waals surface area contributed by atoms with Crippen molar-refractivity contribution in [2.75, 3.05) is 6.61 Å². The average Bonchev–Trinajstić information content (AvgIpc) is 2.51. The van der Waals surface area contributed by atoms with Gasteiger partial charge in [0.15, 0.2) is 0 Å². The van der Waals surface area contributed by atoms with Crippen LogP contribution in [-0.4, -0.2) is 28.1 Å². The first-order valence-corrected chi connectivity index (χ1v) is 10.6. The molecule has 0 amide bonds. The van der Waals surface area contributed by atoms with Crippen molar-refractivity contribution in [1.29, 1.82) is 0 Å². The van der Waals surface area contributed by atoms with Crippen molar-refractivity contribution in [1.82, 2.24) is 5.32 Å². The Hall–Kier alpha value is -0.620. The molecule has 25 heavy (non-hydrogen) atoms. The molecule has 0 aliphatic carbocycles. The summed E-state index contributed by atoms with van der Waals surface area (Å²) in [6.07, 6.45) is 13.2. The van der Waals surface area contributed by atoms with E-state index in [0.717, 1.165) is 0 Å². The Morgan fingerprint density at radius 1 is 0.960 bits per heavy atom. The van der Waals surface area contributed by atoms with Crippen LogP contribution in [-0.2, 0) is 4.74 Å². The summed E-state index contributed by atoms with van der Waals surface area (Å²) in [5, 5.41) is 11.0. The van der Waals surface area contributed by atoms with Crippen molar-refractivity contribution in [2.45, 2.75) is 97.9 Å². The Kier molecular flexibility index (Phi) is 21.0. The van der Waals surface area contributed by atoms with Gasteiger partial charge in [0.05, 0.1) is 6.61 Å². The first kappa shape index (κ1) is 26.6. The second-order valence-electron chi connectivity index (χ2n) is 6.87. The summed E-state index contributed by atoms with van der Waals surface area (Å²) in [5.74, 6) is 0.525. The molecule has 0 spiro atoms. The molecular weight excluding hydrogens is 352 g/mol. The number of aliphatic hydroxyl groups excluding tert-OH is 1. The van der Waals surface area contributed by atoms with E-state index in [0.29, 0.717) is 23.7 Å². The van der Waals surface area contributed by atoms with E-state index >= 15 is 0 Å². The minimum atomic E-state index is -0.500. The highest BCUT2D eigenvalue weighted by Crippen LogP contribution is 2.12. The molecule has 150 valence electrons. The van der Waals surface area contributed by atoms with Gasteiger partial charge in [-0.2, -0.15) is 0 Å². The predicted octanol–water partition coefficient (Wildman–Crippen LogP) is 5.63. The van der Waals surface area contributed by atoms with Crippen LogP contribution in [0.2, 0.25) is 0 Å². The van der Waals surface area contributed by atoms with Crippen molar-refractivity contribution < 1.29 is 9.84 Å². The Bertz CT molecular complexity index is 323. The highest BCUT2D eigenvalue weighted by molar-refractivity contribution is 7.80. The molecule has 4 nitrogen and oxygen atoms in total. The lowest BCUT2D eigenvalue weighted by Crippen LogP contribution is -2.35. The summed E-state index contributed by atoms with van der Waals surface area (Å²) in [7, 11) is 0. The summed E-state index contributed by atoms with van der Waals surface area (Å²) in [6, 6.07) is 0.491. The zero-order valence-corrected chi connectivity index (χ0v) is 18.3. The number of unbranched alkanes of at least 4 members (excludes halogenated alkanes) is 6. The monoisotopic (exact) mass is 392 g/mol. The highest BCUT2D eigenvalue weighted by Gasteiger charge is 2.10. The van der Waals surface area contributed by atoms with Crippen LogP contribution >= 0.6 is 24.4 Å². The van der Waals surface area contributed by atoms with Crippen molar-refractivity contribution >= 4 is 34.8 Å². The molecule has 0 bridgehead atoms. The van der Waals surface area contributed by atoms with E-state index in [-0.39, 0.29) is 0 Å². The summed E-state index contributed by atoms with van der Waals surface area (Å²) in [5.41, 5.74) is 4.40. The van der Waals surface area contributed by atoms with Crippen LogP contribution in [0.25, 0.3) is 0 Å². The van der Waals surface area contributed by atoms with Gasteiger partial charge in [-0.15, -0.1) is 0 Å². The molecule has 0 rings (SSSR count). The number of aliphatic hydroxyl groups is 1. The van der Waals surface area contributed by atoms with Gasteiger partial charge in [0.2, 0.25) is 0 Å². The summed E-state index contributed by atoms with van der Waals surface area (Å²) < 4.78 is 5.57. The lowest BCUT2D eigenvalue weighted by atomic mass is 10.0. The number of hydrogen-bond acceptors (Lipinski definition) is 3. The number of nitrogens with one attached hydrogen (secondary N) is 1. The fourth-order valence-corrected chi connectivity index (χ4v) is 2.67. The molecule has 0 radical (unpaired) electrons. The van der Waals surface area contributed by atoms with E-state index in [1.54, 1.807) is 0 Å². The zero-order valence-electron chi connectivity index (χ0n) is 16.7. The van der Waals surface area contributed by atoms with Gasteiger partial charge in [0.1, 0.15) is 0 Å². The SMILES string of the molecule is CCCCCCCCCC(CCC)NC(=S)OCC(C)C.NC(O)=S. The molecule has 0 aromatic heterocycles. The number of nitrogens with two attached hydrogens (primary N) is 1. The quantitative estimate of drug-likeness (QED) is 0.279. The van der Waals surface area contributed by atoms with Gasteiger partial charge in [-0.3, -0.25) is 0 Å². The lowest BCUT2D eigenvalue weighted by Gasteiger charge is -2.20. The van der Waals surface area contributed by atoms with E-state index in [2.05, 4.69) is 51.0 Å². The number of ether oxygens (including phenoxy) is 1. The van der Waals surface area contributed by atoms with Gasteiger partial charge in [-0.25, -0.2) is 0 Å². The van der Waals surface area contributed by atoms with Crippen LogP contribution in [0.5, 0.6) is 0 Å². The third-order valence-corrected chi connectivity index (χ3v) is 3.90. The summed E-state index contributed by atoms with van der Waals surface area (Å²) in [6.45, 7) is 9.50. The topological polar surface area (TPSA) is 67.5 Å². The maximum absolute atomic E-state index is 7.56. The molecule has 0 saturated heterocycles. The number of hydrogen-bond donors (Lipinski definition) is 3. The minimum Gasteiger partial charge on any atom is -0.487 e. The maximum Gasteiger partial charge on any atom is 0.256 e. The van der Waals surface area contributed by atoms with Gasteiger partial charge in [0, 0.05) is 6.04 Å². The predicted molar refractivity (Wildman–Crippen MR) is 117 cm³/mol. The van der Waals surface area contributed by atoms with Gasteiger partial charge in [0.25, 0.3) is 10.3 Å². The molecule has 0 fully saturated rings. The second kappa shape index (κ2) is 19.7. The van der Waals surface area contributed by atoms with Crippen LogP contribution in [0.3, 0.4) is 0 Å². The summed E-state index contributed by atoms with van der Waals surface area (Å²) in [4.78, 5) is 0. The zero-order chi connectivity index (χ0) is 19.5. The first-order chi connectivity index (χ1) is 11.8. The van der Waals surface area contributed by atoms with E-state index in [1.807, 2.05) is 0 Å². The van der Waals surface area contributed by atoms with E-state index in [4.69, 9.17) is 22.1 Å². The molecule has 0 aromatic carbocycles. The van der Waals surface area contributed by atoms with Crippen LogP contribution in [0.15, 0.2) is 0 Å². The maximum atomic E-state index is 7.56. The molecule has 1 unspecified atom stereocenters. The van der Waals surface area contributed by atoms with E-state index in [9.17, 15) is 0 Å². The first-order valence-electron chi connectivity index (χ1n) is 9.75. The average molecular weight is 393 g/mol. The van der Waals surface area contributed by atoms with Crippen LogP contribution in [0.1, 0.15) is 91.9 Å². The number of rotatable bonds is 13. The molecule has 0 aromatic rings. The molecule has 0 saturated carbocycles. The van der Waals surface area contributed by atoms with E-state index < -0.39 is 5.17 Å². The van der Waals surface area contributed by atoms with Crippen LogP contribution in [0, 0.1) is 5.92 Å². The van der Waals surface area contributed by atoms with Gasteiger partial charge < -0.3 is 20.9 Å². The molecule has 1 atom stereocenters. The standard InChI is InChI=1S/C18H37NOS.CH3NOS/c1-5-7-8-9-10-11-12-14-17(13-6-2)19-18(21)20-15-16(3)4;2-1(3)4/h16-17H,5-15H2,1-4H3,(H,19,21);(H3,2,3,4). The Balaban J connectivity index is 0. The lowest BCUT2D eigenvalue weighted by molar-refractivity contribution is 0.248. The van der Waals surface area contributed by atoms with Crippen LogP contribution in [0.4, 0.5) is 0 Å². The van der Waals surface area contributed by atoms with Gasteiger partial charge in [-0.05, 0) is 43.2 Å². The molecule has 4 N–H and O–H groups in total. The molecule has 0 aliphatic heterocycles. The van der Waals surface area contributed by atoms with Crippen molar-refractivity contribution in [3.05, 3.63) is 0 Å². The van der Waals surface area contributed by atoms with Gasteiger partial charge >= 0.3 is 0 Å². The van der Waals surface area contributed by atoms with Crippen molar-refractivity contribution in [3.8, 4) is 0 Å². The molecule has 0 aliphatic rings.